The molecule has 0 aliphatic heterocycles. The van der Waals surface area contributed by atoms with Crippen LogP contribution in [0.5, 0.6) is 5.75 Å². The number of hydrogen-bond acceptors (Lipinski definition) is 3. The molecule has 2 rings (SSSR count). The molecule has 0 fully saturated rings. The lowest BCUT2D eigenvalue weighted by Gasteiger charge is -2.09. The van der Waals surface area contributed by atoms with Gasteiger partial charge in [-0.2, -0.15) is 0 Å². The highest BCUT2D eigenvalue weighted by molar-refractivity contribution is 9.10. The van der Waals surface area contributed by atoms with Gasteiger partial charge in [0.15, 0.2) is 0 Å². The number of nitrogens with zero attached hydrogens (tertiary/aromatic N) is 1. The van der Waals surface area contributed by atoms with Gasteiger partial charge in [0.05, 0.1) is 17.3 Å². The minimum atomic E-state index is -0.0160. The number of anilines is 1. The molecule has 0 unspecified atom stereocenters. The molecule has 1 N–H and O–H groups in total. The molecule has 2 aromatic rings. The molecule has 0 saturated carbocycles. The van der Waals surface area contributed by atoms with Crippen molar-refractivity contribution in [2.24, 2.45) is 7.05 Å². The van der Waals surface area contributed by atoms with E-state index >= 15 is 0 Å². The van der Waals surface area contributed by atoms with Crippen LogP contribution in [0.4, 0.5) is 5.69 Å². The molecule has 0 atom stereocenters. The number of halogens is 1. The van der Waals surface area contributed by atoms with Gasteiger partial charge < -0.3 is 14.6 Å². The molecule has 1 heterocycles. The Kier molecular flexibility index (Phi) is 4.27. The van der Waals surface area contributed by atoms with Crippen LogP contribution in [0.25, 0.3) is 0 Å². The average molecular weight is 323 g/mol. The van der Waals surface area contributed by atoms with Crippen molar-refractivity contribution in [1.82, 2.24) is 4.57 Å². The first-order chi connectivity index (χ1) is 9.10. The fraction of sp³-hybridized carbons (Fsp3) is 0.214. The summed E-state index contributed by atoms with van der Waals surface area (Å²) in [4.78, 5) is 11.3. The SMILES string of the molecule is COc1ccc(CNc2ccc(=O)n(C)c2)cc1Br. The second kappa shape index (κ2) is 5.93. The summed E-state index contributed by atoms with van der Waals surface area (Å²) in [5, 5.41) is 3.27. The van der Waals surface area contributed by atoms with E-state index < -0.39 is 0 Å². The fourth-order valence-electron chi connectivity index (χ4n) is 1.72. The van der Waals surface area contributed by atoms with E-state index in [1.807, 2.05) is 18.2 Å². The molecule has 0 saturated heterocycles. The van der Waals surface area contributed by atoms with Crippen LogP contribution in [0.2, 0.25) is 0 Å². The predicted molar refractivity (Wildman–Crippen MR) is 79.7 cm³/mol. The molecule has 0 amide bonds. The Bertz CT molecular complexity index is 638. The van der Waals surface area contributed by atoms with Crippen LogP contribution in [-0.2, 0) is 13.6 Å². The first kappa shape index (κ1) is 13.7. The van der Waals surface area contributed by atoms with Gasteiger partial charge in [-0.1, -0.05) is 6.07 Å². The molecule has 100 valence electrons. The van der Waals surface area contributed by atoms with Crippen LogP contribution in [0.3, 0.4) is 0 Å². The summed E-state index contributed by atoms with van der Waals surface area (Å²) >= 11 is 3.46. The van der Waals surface area contributed by atoms with Gasteiger partial charge in [-0.3, -0.25) is 4.79 Å². The molecule has 0 aliphatic rings. The third kappa shape index (κ3) is 3.38. The minimum absolute atomic E-state index is 0.0160. The monoisotopic (exact) mass is 322 g/mol. The van der Waals surface area contributed by atoms with E-state index in [1.165, 1.54) is 0 Å². The van der Waals surface area contributed by atoms with Crippen molar-refractivity contribution in [2.75, 3.05) is 12.4 Å². The molecule has 4 nitrogen and oxygen atoms in total. The van der Waals surface area contributed by atoms with Crippen LogP contribution in [0.1, 0.15) is 5.56 Å². The number of ether oxygens (including phenoxy) is 1. The lowest BCUT2D eigenvalue weighted by atomic mass is 10.2. The normalized spacial score (nSPS) is 10.3. The van der Waals surface area contributed by atoms with Gasteiger partial charge in [0.1, 0.15) is 5.75 Å². The predicted octanol–water partition coefficient (Wildman–Crippen LogP) is 2.77. The number of aromatic nitrogens is 1. The zero-order valence-electron chi connectivity index (χ0n) is 10.8. The Morgan fingerprint density at radius 2 is 2.11 bits per heavy atom. The summed E-state index contributed by atoms with van der Waals surface area (Å²) in [5.74, 6) is 0.811. The number of rotatable bonds is 4. The summed E-state index contributed by atoms with van der Waals surface area (Å²) in [7, 11) is 3.37. The smallest absolute Gasteiger partial charge is 0.250 e. The quantitative estimate of drug-likeness (QED) is 0.941. The van der Waals surface area contributed by atoms with Gasteiger partial charge >= 0.3 is 0 Å². The van der Waals surface area contributed by atoms with Crippen molar-refractivity contribution in [3.63, 3.8) is 0 Å². The number of pyridine rings is 1. The zero-order chi connectivity index (χ0) is 13.8. The summed E-state index contributed by atoms with van der Waals surface area (Å²) in [6, 6.07) is 9.25. The first-order valence-electron chi connectivity index (χ1n) is 5.83. The van der Waals surface area contributed by atoms with Gasteiger partial charge in [-0.15, -0.1) is 0 Å². The van der Waals surface area contributed by atoms with Crippen LogP contribution in [-0.4, -0.2) is 11.7 Å². The maximum atomic E-state index is 11.3. The minimum Gasteiger partial charge on any atom is -0.496 e. The van der Waals surface area contributed by atoms with Crippen LogP contribution < -0.4 is 15.6 Å². The third-order valence-corrected chi connectivity index (χ3v) is 3.42. The molecule has 0 radical (unpaired) electrons. The third-order valence-electron chi connectivity index (χ3n) is 2.80. The second-order valence-corrected chi connectivity index (χ2v) is 5.04. The fourth-order valence-corrected chi connectivity index (χ4v) is 2.31. The molecule has 19 heavy (non-hydrogen) atoms. The Hall–Kier alpha value is -1.75. The van der Waals surface area contributed by atoms with Gasteiger partial charge in [-0.25, -0.2) is 0 Å². The maximum Gasteiger partial charge on any atom is 0.250 e. The van der Waals surface area contributed by atoms with Crippen LogP contribution in [0.15, 0.2) is 45.8 Å². The number of nitrogens with one attached hydrogen (secondary N) is 1. The topological polar surface area (TPSA) is 43.3 Å². The summed E-state index contributed by atoms with van der Waals surface area (Å²) in [5.41, 5.74) is 2.02. The lowest BCUT2D eigenvalue weighted by molar-refractivity contribution is 0.412. The largest absolute Gasteiger partial charge is 0.496 e. The van der Waals surface area contributed by atoms with Gasteiger partial charge in [0.25, 0.3) is 0 Å². The van der Waals surface area contributed by atoms with Crippen LogP contribution >= 0.6 is 15.9 Å². The molecular formula is C14H15BrN2O2. The Morgan fingerprint density at radius 1 is 1.32 bits per heavy atom. The second-order valence-electron chi connectivity index (χ2n) is 4.19. The summed E-state index contributed by atoms with van der Waals surface area (Å²) < 4.78 is 7.66. The number of aryl methyl sites for hydroxylation is 1. The van der Waals surface area contributed by atoms with Crippen LogP contribution in [0, 0.1) is 0 Å². The zero-order valence-corrected chi connectivity index (χ0v) is 12.4. The Labute approximate surface area is 120 Å². The average Bonchev–Trinajstić information content (AvgIpc) is 2.40. The Morgan fingerprint density at radius 3 is 2.74 bits per heavy atom. The van der Waals surface area contributed by atoms with E-state index in [0.29, 0.717) is 6.54 Å². The standard InChI is InChI=1S/C14H15BrN2O2/c1-17-9-11(4-6-14(17)18)16-8-10-3-5-13(19-2)12(15)7-10/h3-7,9,16H,8H2,1-2H3. The van der Waals surface area contributed by atoms with Crippen molar-refractivity contribution in [3.8, 4) is 5.75 Å². The van der Waals surface area contributed by atoms with Gasteiger partial charge in [0, 0.05) is 25.9 Å². The van der Waals surface area contributed by atoms with Crippen molar-refractivity contribution in [1.29, 1.82) is 0 Å². The van der Waals surface area contributed by atoms with E-state index in [1.54, 1.807) is 37.1 Å². The van der Waals surface area contributed by atoms with Crippen molar-refractivity contribution in [2.45, 2.75) is 6.54 Å². The van der Waals surface area contributed by atoms with Gasteiger partial charge in [-0.05, 0) is 39.7 Å². The lowest BCUT2D eigenvalue weighted by Crippen LogP contribution is -2.15. The van der Waals surface area contributed by atoms with E-state index in [2.05, 4.69) is 21.2 Å². The number of methoxy groups -OCH3 is 1. The van der Waals surface area contributed by atoms with Gasteiger partial charge in [0.2, 0.25) is 5.56 Å². The summed E-state index contributed by atoms with van der Waals surface area (Å²) in [6.45, 7) is 0.681. The summed E-state index contributed by atoms with van der Waals surface area (Å²) in [6.07, 6.45) is 1.78. The Balaban J connectivity index is 2.08. The number of benzene rings is 1. The molecule has 0 aliphatic carbocycles. The maximum absolute atomic E-state index is 11.3. The van der Waals surface area contributed by atoms with E-state index in [4.69, 9.17) is 4.74 Å². The molecule has 1 aromatic heterocycles. The molecular weight excluding hydrogens is 308 g/mol. The highest BCUT2D eigenvalue weighted by Gasteiger charge is 2.01. The van der Waals surface area contributed by atoms with Crippen molar-refractivity contribution in [3.05, 3.63) is 56.9 Å². The first-order valence-corrected chi connectivity index (χ1v) is 6.62. The van der Waals surface area contributed by atoms with E-state index in [0.717, 1.165) is 21.5 Å². The van der Waals surface area contributed by atoms with Crippen molar-refractivity contribution < 1.29 is 4.74 Å². The number of hydrogen-bond donors (Lipinski definition) is 1. The highest BCUT2D eigenvalue weighted by atomic mass is 79.9. The molecule has 0 spiro atoms. The molecule has 5 heteroatoms. The highest BCUT2D eigenvalue weighted by Crippen LogP contribution is 2.25. The molecule has 1 aromatic carbocycles. The van der Waals surface area contributed by atoms with E-state index in [9.17, 15) is 4.79 Å². The van der Waals surface area contributed by atoms with Crippen molar-refractivity contribution >= 4 is 21.6 Å². The van der Waals surface area contributed by atoms with E-state index in [-0.39, 0.29) is 5.56 Å². The molecule has 0 bridgehead atoms.